The Bertz CT molecular complexity index is 577. The van der Waals surface area contributed by atoms with Gasteiger partial charge in [-0.3, -0.25) is 9.59 Å². The molecule has 0 saturated carbocycles. The summed E-state index contributed by atoms with van der Waals surface area (Å²) < 4.78 is 13.6. The van der Waals surface area contributed by atoms with Gasteiger partial charge in [0.05, 0.1) is 4.47 Å². The highest BCUT2D eigenvalue weighted by atomic mass is 79.9. The first kappa shape index (κ1) is 15.9. The van der Waals surface area contributed by atoms with E-state index in [-0.39, 0.29) is 30.1 Å². The van der Waals surface area contributed by atoms with Crippen LogP contribution < -0.4 is 5.32 Å². The lowest BCUT2D eigenvalue weighted by Gasteiger charge is -2.38. The Morgan fingerprint density at radius 1 is 1.38 bits per heavy atom. The van der Waals surface area contributed by atoms with Crippen LogP contribution in [0.4, 0.5) is 4.39 Å². The summed E-state index contributed by atoms with van der Waals surface area (Å²) in [5.41, 5.74) is 0.778. The van der Waals surface area contributed by atoms with Crippen LogP contribution in [0.3, 0.4) is 0 Å². The average Bonchev–Trinajstić information content (AvgIpc) is 2.42. The molecule has 4 nitrogen and oxygen atoms in total. The van der Waals surface area contributed by atoms with Gasteiger partial charge in [-0.1, -0.05) is 19.9 Å². The number of nitrogens with one attached hydrogen (secondary N) is 1. The molecule has 0 spiro atoms. The van der Waals surface area contributed by atoms with Crippen molar-refractivity contribution in [3.63, 3.8) is 0 Å². The van der Waals surface area contributed by atoms with E-state index in [4.69, 9.17) is 0 Å². The van der Waals surface area contributed by atoms with Crippen LogP contribution in [-0.4, -0.2) is 28.8 Å². The van der Waals surface area contributed by atoms with Crippen molar-refractivity contribution in [3.8, 4) is 0 Å². The zero-order valence-corrected chi connectivity index (χ0v) is 13.8. The molecule has 1 saturated heterocycles. The van der Waals surface area contributed by atoms with E-state index in [0.29, 0.717) is 4.47 Å². The van der Waals surface area contributed by atoms with E-state index in [1.807, 2.05) is 13.8 Å². The lowest BCUT2D eigenvalue weighted by atomic mass is 9.98. The minimum Gasteiger partial charge on any atom is -0.342 e. The summed E-state index contributed by atoms with van der Waals surface area (Å²) in [6, 6.07) is 3.57. The molecule has 0 radical (unpaired) electrons. The zero-order valence-electron chi connectivity index (χ0n) is 12.2. The van der Waals surface area contributed by atoms with Gasteiger partial charge in [-0.05, 0) is 46.5 Å². The van der Waals surface area contributed by atoms with E-state index >= 15 is 0 Å². The van der Waals surface area contributed by atoms with E-state index in [1.165, 1.54) is 6.07 Å². The molecule has 0 aromatic heterocycles. The molecule has 114 valence electrons. The number of hydrogen-bond acceptors (Lipinski definition) is 2. The van der Waals surface area contributed by atoms with E-state index in [9.17, 15) is 14.0 Å². The normalized spacial score (nSPS) is 22.7. The molecular formula is C15H18BrFN2O2. The maximum Gasteiger partial charge on any atom is 0.246 e. The average molecular weight is 357 g/mol. The predicted octanol–water partition coefficient (Wildman–Crippen LogP) is 2.46. The van der Waals surface area contributed by atoms with Gasteiger partial charge in [0, 0.05) is 6.54 Å². The third kappa shape index (κ3) is 3.26. The van der Waals surface area contributed by atoms with Crippen LogP contribution >= 0.6 is 15.9 Å². The number of hydrogen-bond donors (Lipinski definition) is 1. The third-order valence-corrected chi connectivity index (χ3v) is 4.31. The van der Waals surface area contributed by atoms with E-state index < -0.39 is 12.1 Å². The molecule has 21 heavy (non-hydrogen) atoms. The minimum absolute atomic E-state index is 0.0244. The summed E-state index contributed by atoms with van der Waals surface area (Å²) in [7, 11) is 0. The Morgan fingerprint density at radius 2 is 2.05 bits per heavy atom. The standard InChI is InChI=1S/C15H18BrFN2O2/c1-8(2)13-15(21)19(9(3)14(20)18-13)7-10-4-5-12(17)11(16)6-10/h4-6,8-9,13H,7H2,1-3H3,(H,18,20). The van der Waals surface area contributed by atoms with E-state index in [0.717, 1.165) is 5.56 Å². The lowest BCUT2D eigenvalue weighted by Crippen LogP contribution is -2.63. The van der Waals surface area contributed by atoms with Crippen LogP contribution in [0.5, 0.6) is 0 Å². The molecule has 1 heterocycles. The SMILES string of the molecule is CC(C)C1NC(=O)C(C)N(Cc2ccc(F)c(Br)c2)C1=O. The second-order valence-electron chi connectivity index (χ2n) is 5.62. The monoisotopic (exact) mass is 356 g/mol. The van der Waals surface area contributed by atoms with Crippen LogP contribution in [0.15, 0.2) is 22.7 Å². The molecule has 1 aromatic rings. The van der Waals surface area contributed by atoms with Crippen LogP contribution in [0, 0.1) is 11.7 Å². The highest BCUT2D eigenvalue weighted by Gasteiger charge is 2.39. The van der Waals surface area contributed by atoms with Gasteiger partial charge in [0.1, 0.15) is 17.9 Å². The molecule has 1 fully saturated rings. The first-order valence-corrected chi connectivity index (χ1v) is 7.65. The van der Waals surface area contributed by atoms with Gasteiger partial charge in [0.25, 0.3) is 0 Å². The van der Waals surface area contributed by atoms with Crippen molar-refractivity contribution >= 4 is 27.7 Å². The van der Waals surface area contributed by atoms with E-state index in [2.05, 4.69) is 21.2 Å². The molecule has 1 aromatic carbocycles. The van der Waals surface area contributed by atoms with Crippen LogP contribution in [0.25, 0.3) is 0 Å². The molecule has 1 aliphatic rings. The first-order valence-electron chi connectivity index (χ1n) is 6.86. The lowest BCUT2D eigenvalue weighted by molar-refractivity contribution is -0.150. The molecule has 6 heteroatoms. The van der Waals surface area contributed by atoms with E-state index in [1.54, 1.807) is 24.0 Å². The molecular weight excluding hydrogens is 339 g/mol. The molecule has 0 bridgehead atoms. The molecule has 2 rings (SSSR count). The molecule has 2 atom stereocenters. The fraction of sp³-hybridized carbons (Fsp3) is 0.467. The molecule has 2 amide bonds. The largest absolute Gasteiger partial charge is 0.342 e. The van der Waals surface area contributed by atoms with Crippen molar-refractivity contribution < 1.29 is 14.0 Å². The van der Waals surface area contributed by atoms with Gasteiger partial charge < -0.3 is 10.2 Å². The molecule has 1 aliphatic heterocycles. The quantitative estimate of drug-likeness (QED) is 0.904. The second kappa shape index (κ2) is 6.13. The number of carbonyl (C=O) groups is 2. The third-order valence-electron chi connectivity index (χ3n) is 3.70. The van der Waals surface area contributed by atoms with Gasteiger partial charge in [-0.15, -0.1) is 0 Å². The van der Waals surface area contributed by atoms with Crippen LogP contribution in [0.1, 0.15) is 26.3 Å². The Labute approximate surface area is 131 Å². The summed E-state index contributed by atoms with van der Waals surface area (Å²) in [6.45, 7) is 5.77. The minimum atomic E-state index is -0.531. The zero-order chi connectivity index (χ0) is 15.7. The van der Waals surface area contributed by atoms with Crippen molar-refractivity contribution in [3.05, 3.63) is 34.1 Å². The topological polar surface area (TPSA) is 49.4 Å². The number of amides is 2. The Hall–Kier alpha value is -1.43. The highest BCUT2D eigenvalue weighted by molar-refractivity contribution is 9.10. The maximum absolute atomic E-state index is 13.3. The molecule has 1 N–H and O–H groups in total. The molecule has 0 aliphatic carbocycles. The fourth-order valence-electron chi connectivity index (χ4n) is 2.35. The van der Waals surface area contributed by atoms with Gasteiger partial charge in [-0.25, -0.2) is 4.39 Å². The van der Waals surface area contributed by atoms with Crippen LogP contribution in [0.2, 0.25) is 0 Å². The summed E-state index contributed by atoms with van der Waals surface area (Å²) in [5, 5.41) is 2.75. The van der Waals surface area contributed by atoms with Gasteiger partial charge >= 0.3 is 0 Å². The Kier molecular flexibility index (Phi) is 4.66. The number of benzene rings is 1. The van der Waals surface area contributed by atoms with Crippen molar-refractivity contribution in [1.82, 2.24) is 10.2 Å². The first-order chi connectivity index (χ1) is 9.81. The van der Waals surface area contributed by atoms with Crippen molar-refractivity contribution in [2.24, 2.45) is 5.92 Å². The summed E-state index contributed by atoms with van der Waals surface area (Å²) in [5.74, 6) is -0.585. The van der Waals surface area contributed by atoms with Gasteiger partial charge in [0.15, 0.2) is 0 Å². The summed E-state index contributed by atoms with van der Waals surface area (Å²) in [4.78, 5) is 26.1. The number of carbonyl (C=O) groups excluding carboxylic acids is 2. The van der Waals surface area contributed by atoms with Crippen molar-refractivity contribution in [1.29, 1.82) is 0 Å². The number of rotatable bonds is 3. The molecule has 2 unspecified atom stereocenters. The smallest absolute Gasteiger partial charge is 0.246 e. The van der Waals surface area contributed by atoms with Gasteiger partial charge in [-0.2, -0.15) is 0 Å². The highest BCUT2D eigenvalue weighted by Crippen LogP contribution is 2.21. The number of nitrogens with zero attached hydrogens (tertiary/aromatic N) is 1. The van der Waals surface area contributed by atoms with Crippen molar-refractivity contribution in [2.45, 2.75) is 39.4 Å². The number of piperazine rings is 1. The van der Waals surface area contributed by atoms with Crippen LogP contribution in [-0.2, 0) is 16.1 Å². The van der Waals surface area contributed by atoms with Crippen molar-refractivity contribution in [2.75, 3.05) is 0 Å². The fourth-order valence-corrected chi connectivity index (χ4v) is 2.77. The predicted molar refractivity (Wildman–Crippen MR) is 80.9 cm³/mol. The summed E-state index contributed by atoms with van der Waals surface area (Å²) in [6.07, 6.45) is 0. The number of halogens is 2. The van der Waals surface area contributed by atoms with Gasteiger partial charge in [0.2, 0.25) is 11.8 Å². The second-order valence-corrected chi connectivity index (χ2v) is 6.48. The summed E-state index contributed by atoms with van der Waals surface area (Å²) >= 11 is 3.13. The Morgan fingerprint density at radius 3 is 2.62 bits per heavy atom. The maximum atomic E-state index is 13.3. The Balaban J connectivity index is 2.24.